The molecule has 0 radical (unpaired) electrons. The predicted molar refractivity (Wildman–Crippen MR) is 123 cm³/mol. The minimum atomic E-state index is -0.463. The Hall–Kier alpha value is -3.87. The lowest BCUT2D eigenvalue weighted by molar-refractivity contribution is 0.209. The highest BCUT2D eigenvalue weighted by atomic mass is 16.5. The maximum Gasteiger partial charge on any atom is 0.322 e. The highest BCUT2D eigenvalue weighted by Gasteiger charge is 2.35. The summed E-state index contributed by atoms with van der Waals surface area (Å²) in [7, 11) is 1.61. The minimum absolute atomic E-state index is 0.214. The molecule has 0 spiro atoms. The fourth-order valence-corrected chi connectivity index (χ4v) is 3.82. The first-order valence-corrected chi connectivity index (χ1v) is 10.5. The SMILES string of the molecule is C=CCN1C(=O)NC(c2cccc(OC)c2)C(c2nc(-c3ccc(CC)cc3)no2)=C1C. The predicted octanol–water partition coefficient (Wildman–Crippen LogP) is 4.99. The van der Waals surface area contributed by atoms with Gasteiger partial charge in [-0.2, -0.15) is 4.98 Å². The summed E-state index contributed by atoms with van der Waals surface area (Å²) < 4.78 is 11.1. The highest BCUT2D eigenvalue weighted by molar-refractivity contribution is 5.87. The fourth-order valence-electron chi connectivity index (χ4n) is 3.82. The van der Waals surface area contributed by atoms with Crippen molar-refractivity contribution in [3.63, 3.8) is 0 Å². The van der Waals surface area contributed by atoms with Crippen molar-refractivity contribution in [2.24, 2.45) is 0 Å². The molecule has 164 valence electrons. The van der Waals surface area contributed by atoms with Gasteiger partial charge in [0.25, 0.3) is 5.89 Å². The quantitative estimate of drug-likeness (QED) is 0.534. The number of hydrogen-bond donors (Lipinski definition) is 1. The van der Waals surface area contributed by atoms with Gasteiger partial charge in [0.15, 0.2) is 0 Å². The zero-order chi connectivity index (χ0) is 22.7. The molecule has 4 rings (SSSR count). The molecule has 0 aliphatic carbocycles. The second-order valence-corrected chi connectivity index (χ2v) is 7.53. The van der Waals surface area contributed by atoms with E-state index >= 15 is 0 Å². The van der Waals surface area contributed by atoms with Crippen LogP contribution in [0.25, 0.3) is 17.0 Å². The number of amides is 2. The van der Waals surface area contributed by atoms with E-state index in [0.717, 1.165) is 28.8 Å². The molecule has 0 fully saturated rings. The lowest BCUT2D eigenvalue weighted by atomic mass is 9.94. The monoisotopic (exact) mass is 430 g/mol. The van der Waals surface area contributed by atoms with E-state index in [2.05, 4.69) is 41.1 Å². The van der Waals surface area contributed by atoms with Gasteiger partial charge in [-0.05, 0) is 36.6 Å². The number of rotatable bonds is 7. The first kappa shape index (κ1) is 21.4. The molecule has 1 aromatic heterocycles. The number of allylic oxidation sites excluding steroid dienone is 1. The number of hydrogen-bond acceptors (Lipinski definition) is 5. The van der Waals surface area contributed by atoms with Crippen LogP contribution in [0.5, 0.6) is 5.75 Å². The molecule has 1 aliphatic rings. The molecule has 1 atom stereocenters. The molecule has 2 amide bonds. The topological polar surface area (TPSA) is 80.5 Å². The maximum atomic E-state index is 12.8. The molecule has 7 nitrogen and oxygen atoms in total. The van der Waals surface area contributed by atoms with Gasteiger partial charge in [-0.1, -0.05) is 54.6 Å². The van der Waals surface area contributed by atoms with E-state index in [1.165, 1.54) is 5.56 Å². The molecule has 1 unspecified atom stereocenters. The Balaban J connectivity index is 1.80. The smallest absolute Gasteiger partial charge is 0.322 e. The van der Waals surface area contributed by atoms with Crippen LogP contribution < -0.4 is 10.1 Å². The van der Waals surface area contributed by atoms with Crippen molar-refractivity contribution >= 4 is 11.6 Å². The third-order valence-electron chi connectivity index (χ3n) is 5.61. The minimum Gasteiger partial charge on any atom is -0.497 e. The Bertz CT molecular complexity index is 1160. The van der Waals surface area contributed by atoms with Crippen LogP contribution in [0.3, 0.4) is 0 Å². The van der Waals surface area contributed by atoms with Gasteiger partial charge in [-0.25, -0.2) is 4.79 Å². The molecule has 0 saturated carbocycles. The molecule has 3 aromatic rings. The summed E-state index contributed by atoms with van der Waals surface area (Å²) in [5, 5.41) is 7.27. The van der Waals surface area contributed by atoms with E-state index in [9.17, 15) is 4.79 Å². The molecular formula is C25H26N4O3. The Morgan fingerprint density at radius 2 is 2.03 bits per heavy atom. The Kier molecular flexibility index (Phi) is 6.07. The third kappa shape index (κ3) is 4.01. The normalized spacial score (nSPS) is 16.2. The average Bonchev–Trinajstić information content (AvgIpc) is 3.31. The van der Waals surface area contributed by atoms with E-state index in [-0.39, 0.29) is 6.03 Å². The average molecular weight is 431 g/mol. The standard InChI is InChI=1S/C25H26N4O3/c1-5-14-29-16(3)21(22(26-25(29)30)19-8-7-9-20(15-19)31-4)24-27-23(28-32-24)18-12-10-17(6-2)11-13-18/h5,7-13,15,22H,1,6,14H2,2-4H3,(H,26,30). The zero-order valence-corrected chi connectivity index (χ0v) is 18.5. The molecule has 2 aromatic carbocycles. The first-order chi connectivity index (χ1) is 15.5. The van der Waals surface area contributed by atoms with Crippen LogP contribution >= 0.6 is 0 Å². The molecule has 7 heteroatoms. The number of urea groups is 1. The van der Waals surface area contributed by atoms with Crippen molar-refractivity contribution in [1.82, 2.24) is 20.4 Å². The van der Waals surface area contributed by atoms with Crippen LogP contribution in [0, 0.1) is 0 Å². The van der Waals surface area contributed by atoms with Gasteiger partial charge in [-0.15, -0.1) is 6.58 Å². The van der Waals surface area contributed by atoms with Crippen molar-refractivity contribution < 1.29 is 14.1 Å². The zero-order valence-electron chi connectivity index (χ0n) is 18.5. The van der Waals surface area contributed by atoms with Gasteiger partial charge in [0.05, 0.1) is 18.7 Å². The van der Waals surface area contributed by atoms with Gasteiger partial charge < -0.3 is 14.6 Å². The number of nitrogens with one attached hydrogen (secondary N) is 1. The number of ether oxygens (including phenoxy) is 1. The summed E-state index contributed by atoms with van der Waals surface area (Å²) in [5.41, 5.74) is 4.44. The molecule has 0 bridgehead atoms. The number of benzene rings is 2. The highest BCUT2D eigenvalue weighted by Crippen LogP contribution is 2.38. The van der Waals surface area contributed by atoms with E-state index in [1.54, 1.807) is 18.1 Å². The van der Waals surface area contributed by atoms with Crippen molar-refractivity contribution in [2.75, 3.05) is 13.7 Å². The van der Waals surface area contributed by atoms with Crippen LogP contribution in [-0.2, 0) is 6.42 Å². The molecular weight excluding hydrogens is 404 g/mol. The summed E-state index contributed by atoms with van der Waals surface area (Å²) >= 11 is 0. The van der Waals surface area contributed by atoms with E-state index < -0.39 is 6.04 Å². The third-order valence-corrected chi connectivity index (χ3v) is 5.61. The van der Waals surface area contributed by atoms with Crippen molar-refractivity contribution in [3.8, 4) is 17.1 Å². The van der Waals surface area contributed by atoms with Crippen LogP contribution in [0.2, 0.25) is 0 Å². The van der Waals surface area contributed by atoms with Crippen molar-refractivity contribution in [3.05, 3.63) is 83.9 Å². The van der Waals surface area contributed by atoms with Crippen LogP contribution in [0.4, 0.5) is 4.79 Å². The Morgan fingerprint density at radius 3 is 2.72 bits per heavy atom. The first-order valence-electron chi connectivity index (χ1n) is 10.5. The summed E-state index contributed by atoms with van der Waals surface area (Å²) in [4.78, 5) is 19.1. The molecule has 1 N–H and O–H groups in total. The summed E-state index contributed by atoms with van der Waals surface area (Å²) in [6, 6.07) is 15.0. The molecule has 2 heterocycles. The van der Waals surface area contributed by atoms with Crippen LogP contribution in [0.15, 0.2) is 71.4 Å². The summed E-state index contributed by atoms with van der Waals surface area (Å²) in [5.74, 6) is 1.56. The number of carbonyl (C=O) groups excluding carboxylic acids is 1. The van der Waals surface area contributed by atoms with Crippen molar-refractivity contribution in [1.29, 1.82) is 0 Å². The van der Waals surface area contributed by atoms with Gasteiger partial charge in [0.1, 0.15) is 5.75 Å². The number of methoxy groups -OCH3 is 1. The Morgan fingerprint density at radius 1 is 1.25 bits per heavy atom. The fraction of sp³-hybridized carbons (Fsp3) is 0.240. The lowest BCUT2D eigenvalue weighted by Gasteiger charge is -2.34. The second kappa shape index (κ2) is 9.09. The van der Waals surface area contributed by atoms with Gasteiger partial charge in [-0.3, -0.25) is 4.90 Å². The van der Waals surface area contributed by atoms with Crippen LogP contribution in [-0.4, -0.2) is 34.7 Å². The molecule has 1 aliphatic heterocycles. The number of nitrogens with zero attached hydrogens (tertiary/aromatic N) is 3. The van der Waals surface area contributed by atoms with Crippen molar-refractivity contribution in [2.45, 2.75) is 26.3 Å². The number of aromatic nitrogens is 2. The summed E-state index contributed by atoms with van der Waals surface area (Å²) in [6.45, 7) is 8.13. The summed E-state index contributed by atoms with van der Waals surface area (Å²) in [6.07, 6.45) is 2.64. The van der Waals surface area contributed by atoms with Gasteiger partial charge in [0.2, 0.25) is 5.82 Å². The van der Waals surface area contributed by atoms with Crippen LogP contribution in [0.1, 0.15) is 36.9 Å². The Labute approximate surface area is 187 Å². The maximum absolute atomic E-state index is 12.8. The number of carbonyl (C=O) groups is 1. The second-order valence-electron chi connectivity index (χ2n) is 7.53. The largest absolute Gasteiger partial charge is 0.497 e. The van der Waals surface area contributed by atoms with E-state index in [0.29, 0.717) is 24.0 Å². The van der Waals surface area contributed by atoms with E-state index in [4.69, 9.17) is 9.26 Å². The van der Waals surface area contributed by atoms with Gasteiger partial charge in [0, 0.05) is 17.8 Å². The van der Waals surface area contributed by atoms with E-state index in [1.807, 2.05) is 43.3 Å². The molecule has 32 heavy (non-hydrogen) atoms. The van der Waals surface area contributed by atoms with Gasteiger partial charge >= 0.3 is 6.03 Å². The number of aryl methyl sites for hydroxylation is 1. The molecule has 0 saturated heterocycles. The lowest BCUT2D eigenvalue weighted by Crippen LogP contribution is -2.46.